The van der Waals surface area contributed by atoms with Crippen molar-refractivity contribution in [3.05, 3.63) is 28.8 Å². The summed E-state index contributed by atoms with van der Waals surface area (Å²) in [4.78, 5) is 14.1. The molecule has 1 N–H and O–H groups in total. The second-order valence-corrected chi connectivity index (χ2v) is 5.91. The number of ether oxygens (including phenoxy) is 1. The maximum absolute atomic E-state index is 12.1. The van der Waals surface area contributed by atoms with Crippen LogP contribution in [0.2, 0.25) is 5.02 Å². The number of nitrogens with one attached hydrogen (secondary N) is 1. The molecule has 1 aliphatic rings. The van der Waals surface area contributed by atoms with E-state index in [1.165, 1.54) is 0 Å². The number of halogens is 2. The molecule has 0 bridgehead atoms. The quantitative estimate of drug-likeness (QED) is 0.833. The van der Waals surface area contributed by atoms with Crippen molar-refractivity contribution < 1.29 is 9.53 Å². The summed E-state index contributed by atoms with van der Waals surface area (Å²) in [6.45, 7) is 7.15. The molecule has 1 heterocycles. The lowest BCUT2D eigenvalue weighted by Gasteiger charge is -2.34. The lowest BCUT2D eigenvalue weighted by atomic mass is 10.2. The van der Waals surface area contributed by atoms with E-state index in [0.29, 0.717) is 13.0 Å². The van der Waals surface area contributed by atoms with Gasteiger partial charge in [-0.3, -0.25) is 4.79 Å². The van der Waals surface area contributed by atoms with Gasteiger partial charge in [0.2, 0.25) is 5.91 Å². The van der Waals surface area contributed by atoms with Gasteiger partial charge in [0, 0.05) is 37.1 Å². The van der Waals surface area contributed by atoms with E-state index in [2.05, 4.69) is 12.2 Å². The highest BCUT2D eigenvalue weighted by molar-refractivity contribution is 6.31. The molecule has 1 atom stereocenters. The van der Waals surface area contributed by atoms with Crippen LogP contribution >= 0.6 is 24.0 Å². The number of hydrogen-bond donors (Lipinski definition) is 1. The third-order valence-electron chi connectivity index (χ3n) is 3.75. The van der Waals surface area contributed by atoms with Gasteiger partial charge in [-0.05, 0) is 44.0 Å². The van der Waals surface area contributed by atoms with Gasteiger partial charge in [-0.1, -0.05) is 11.6 Å². The average Bonchev–Trinajstić information content (AvgIpc) is 2.47. The van der Waals surface area contributed by atoms with E-state index in [0.717, 1.165) is 42.4 Å². The summed E-state index contributed by atoms with van der Waals surface area (Å²) in [6, 6.07) is 5.89. The Morgan fingerprint density at radius 3 is 2.95 bits per heavy atom. The van der Waals surface area contributed by atoms with Gasteiger partial charge in [-0.15, -0.1) is 12.4 Å². The van der Waals surface area contributed by atoms with E-state index in [-0.39, 0.29) is 24.4 Å². The molecule has 0 radical (unpaired) electrons. The first-order chi connectivity index (χ1) is 10.1. The second kappa shape index (κ2) is 9.23. The molecule has 1 aromatic carbocycles. The average molecular weight is 347 g/mol. The summed E-state index contributed by atoms with van der Waals surface area (Å²) < 4.78 is 5.66. The largest absolute Gasteiger partial charge is 0.494 e. The van der Waals surface area contributed by atoms with Gasteiger partial charge in [0.15, 0.2) is 0 Å². The van der Waals surface area contributed by atoms with Crippen molar-refractivity contribution in [2.45, 2.75) is 32.7 Å². The van der Waals surface area contributed by atoms with Gasteiger partial charge >= 0.3 is 0 Å². The molecule has 1 saturated heterocycles. The zero-order valence-corrected chi connectivity index (χ0v) is 14.7. The molecule has 1 aliphatic heterocycles. The molecule has 1 amide bonds. The Bertz CT molecular complexity index is 497. The van der Waals surface area contributed by atoms with Crippen molar-refractivity contribution >= 4 is 29.9 Å². The molecule has 124 valence electrons. The van der Waals surface area contributed by atoms with Crippen LogP contribution in [-0.2, 0) is 4.79 Å². The Kier molecular flexibility index (Phi) is 8.01. The molecular weight excluding hydrogens is 323 g/mol. The highest BCUT2D eigenvalue weighted by Crippen LogP contribution is 2.21. The molecule has 0 saturated carbocycles. The summed E-state index contributed by atoms with van der Waals surface area (Å²) in [7, 11) is 0. The predicted molar refractivity (Wildman–Crippen MR) is 92.2 cm³/mol. The minimum atomic E-state index is 0. The first kappa shape index (κ1) is 19.1. The lowest BCUT2D eigenvalue weighted by Crippen LogP contribution is -2.52. The van der Waals surface area contributed by atoms with Crippen LogP contribution in [0.5, 0.6) is 5.75 Å². The van der Waals surface area contributed by atoms with Crippen LogP contribution in [0.15, 0.2) is 18.2 Å². The van der Waals surface area contributed by atoms with Gasteiger partial charge in [-0.2, -0.15) is 0 Å². The molecule has 0 spiro atoms. The van der Waals surface area contributed by atoms with E-state index in [4.69, 9.17) is 16.3 Å². The molecular formula is C16H24Cl2N2O2. The predicted octanol–water partition coefficient (Wildman–Crippen LogP) is 3.05. The summed E-state index contributed by atoms with van der Waals surface area (Å²) in [5.41, 5.74) is 1.000. The number of amides is 1. The SMILES string of the molecule is Cc1cc(OCCCC(=O)N2CCNCC2C)ccc1Cl.Cl. The number of carbonyl (C=O) groups excluding carboxylic acids is 1. The van der Waals surface area contributed by atoms with Crippen molar-refractivity contribution in [1.82, 2.24) is 10.2 Å². The van der Waals surface area contributed by atoms with Gasteiger partial charge in [0.25, 0.3) is 0 Å². The third-order valence-corrected chi connectivity index (χ3v) is 4.18. The smallest absolute Gasteiger partial charge is 0.223 e. The molecule has 1 aromatic rings. The normalized spacial score (nSPS) is 17.8. The number of aryl methyl sites for hydroxylation is 1. The van der Waals surface area contributed by atoms with Crippen LogP contribution in [0.4, 0.5) is 0 Å². The molecule has 22 heavy (non-hydrogen) atoms. The van der Waals surface area contributed by atoms with Gasteiger partial charge in [0.1, 0.15) is 5.75 Å². The van der Waals surface area contributed by atoms with E-state index in [1.807, 2.05) is 30.0 Å². The Balaban J connectivity index is 0.00000242. The fourth-order valence-electron chi connectivity index (χ4n) is 2.48. The van der Waals surface area contributed by atoms with Crippen LogP contribution in [0.25, 0.3) is 0 Å². The topological polar surface area (TPSA) is 41.6 Å². The van der Waals surface area contributed by atoms with Gasteiger partial charge in [-0.25, -0.2) is 0 Å². The van der Waals surface area contributed by atoms with Crippen molar-refractivity contribution in [3.8, 4) is 5.75 Å². The number of hydrogen-bond acceptors (Lipinski definition) is 3. The zero-order chi connectivity index (χ0) is 15.2. The van der Waals surface area contributed by atoms with Crippen molar-refractivity contribution in [2.24, 2.45) is 0 Å². The molecule has 1 unspecified atom stereocenters. The summed E-state index contributed by atoms with van der Waals surface area (Å²) in [6.07, 6.45) is 1.27. The van der Waals surface area contributed by atoms with E-state index < -0.39 is 0 Å². The number of carbonyl (C=O) groups is 1. The van der Waals surface area contributed by atoms with Crippen molar-refractivity contribution in [1.29, 1.82) is 0 Å². The molecule has 0 aliphatic carbocycles. The Labute approximate surface area is 143 Å². The number of piperazine rings is 1. The van der Waals surface area contributed by atoms with E-state index in [9.17, 15) is 4.79 Å². The van der Waals surface area contributed by atoms with Gasteiger partial charge in [0.05, 0.1) is 6.61 Å². The second-order valence-electron chi connectivity index (χ2n) is 5.50. The number of rotatable bonds is 5. The van der Waals surface area contributed by atoms with Crippen LogP contribution in [0.3, 0.4) is 0 Å². The van der Waals surface area contributed by atoms with E-state index in [1.54, 1.807) is 0 Å². The van der Waals surface area contributed by atoms with Crippen molar-refractivity contribution in [2.75, 3.05) is 26.2 Å². The molecule has 1 fully saturated rings. The molecule has 4 nitrogen and oxygen atoms in total. The Morgan fingerprint density at radius 2 is 2.27 bits per heavy atom. The molecule has 6 heteroatoms. The van der Waals surface area contributed by atoms with Crippen LogP contribution in [0.1, 0.15) is 25.3 Å². The summed E-state index contributed by atoms with van der Waals surface area (Å²) >= 11 is 5.97. The highest BCUT2D eigenvalue weighted by atomic mass is 35.5. The third kappa shape index (κ3) is 5.34. The standard InChI is InChI=1S/C16H23ClN2O2.ClH/c1-12-10-14(5-6-15(12)17)21-9-3-4-16(20)19-8-7-18-11-13(19)2;/h5-6,10,13,18H,3-4,7-9,11H2,1-2H3;1H. The Hall–Kier alpha value is -0.970. The summed E-state index contributed by atoms with van der Waals surface area (Å²) in [5.74, 6) is 1.03. The maximum atomic E-state index is 12.1. The zero-order valence-electron chi connectivity index (χ0n) is 13.1. The van der Waals surface area contributed by atoms with Crippen LogP contribution in [-0.4, -0.2) is 43.1 Å². The van der Waals surface area contributed by atoms with Crippen molar-refractivity contribution in [3.63, 3.8) is 0 Å². The number of nitrogens with zero attached hydrogens (tertiary/aromatic N) is 1. The first-order valence-corrected chi connectivity index (χ1v) is 7.85. The maximum Gasteiger partial charge on any atom is 0.223 e. The van der Waals surface area contributed by atoms with Gasteiger partial charge < -0.3 is 15.0 Å². The Morgan fingerprint density at radius 1 is 1.50 bits per heavy atom. The minimum Gasteiger partial charge on any atom is -0.494 e. The summed E-state index contributed by atoms with van der Waals surface area (Å²) in [5, 5.41) is 4.03. The number of benzene rings is 1. The molecule has 0 aromatic heterocycles. The lowest BCUT2D eigenvalue weighted by molar-refractivity contribution is -0.134. The fourth-order valence-corrected chi connectivity index (χ4v) is 2.59. The van der Waals surface area contributed by atoms with E-state index >= 15 is 0 Å². The highest BCUT2D eigenvalue weighted by Gasteiger charge is 2.22. The minimum absolute atomic E-state index is 0. The monoisotopic (exact) mass is 346 g/mol. The van der Waals surface area contributed by atoms with Crippen LogP contribution < -0.4 is 10.1 Å². The molecule has 2 rings (SSSR count). The first-order valence-electron chi connectivity index (χ1n) is 7.47. The van der Waals surface area contributed by atoms with Crippen LogP contribution in [0, 0.1) is 6.92 Å². The fraction of sp³-hybridized carbons (Fsp3) is 0.562.